The zero-order valence-electron chi connectivity index (χ0n) is 10.7. The molecule has 0 aliphatic carbocycles. The van der Waals surface area contributed by atoms with Crippen LogP contribution in [0.25, 0.3) is 11.0 Å². The number of nitrogens with zero attached hydrogens (tertiary/aromatic N) is 2. The molecule has 0 bridgehead atoms. The Labute approximate surface area is 124 Å². The summed E-state index contributed by atoms with van der Waals surface area (Å²) in [6, 6.07) is 12.6. The lowest BCUT2D eigenvalue weighted by molar-refractivity contribution is 0.597. The van der Waals surface area contributed by atoms with Gasteiger partial charge in [-0.15, -0.1) is 0 Å². The van der Waals surface area contributed by atoms with Gasteiger partial charge in [0.1, 0.15) is 5.82 Å². The van der Waals surface area contributed by atoms with Crippen molar-refractivity contribution < 1.29 is 4.39 Å². The number of aromatic nitrogens is 2. The molecule has 5 heteroatoms. The fourth-order valence-corrected chi connectivity index (χ4v) is 2.63. The number of aryl methyl sites for hydroxylation is 2. The monoisotopic (exact) mass is 333 g/mol. The maximum absolute atomic E-state index is 13.6. The van der Waals surface area contributed by atoms with Crippen LogP contribution in [0.1, 0.15) is 5.56 Å². The molecular formula is C15H13BrFN3. The summed E-state index contributed by atoms with van der Waals surface area (Å²) in [5.74, 6) is 0.270. The highest BCUT2D eigenvalue weighted by atomic mass is 79.9. The van der Waals surface area contributed by atoms with Gasteiger partial charge in [-0.25, -0.2) is 9.37 Å². The number of nitrogen functional groups attached to an aromatic ring is 1. The SMILES string of the molecule is Nc1nc2ccc(Br)cc2n1CCc1ccccc1F. The molecular weight excluding hydrogens is 321 g/mol. The van der Waals surface area contributed by atoms with E-state index in [1.54, 1.807) is 12.1 Å². The number of halogens is 2. The molecule has 3 nitrogen and oxygen atoms in total. The average molecular weight is 334 g/mol. The smallest absolute Gasteiger partial charge is 0.201 e. The van der Waals surface area contributed by atoms with Crippen LogP contribution >= 0.6 is 15.9 Å². The first-order valence-electron chi connectivity index (χ1n) is 6.30. The van der Waals surface area contributed by atoms with Gasteiger partial charge in [-0.1, -0.05) is 34.1 Å². The molecule has 0 aliphatic rings. The standard InChI is InChI=1S/C15H13BrFN3/c16-11-5-6-13-14(9-11)20(15(18)19-13)8-7-10-3-1-2-4-12(10)17/h1-6,9H,7-8H2,(H2,18,19). The molecule has 0 aliphatic heterocycles. The maximum Gasteiger partial charge on any atom is 0.201 e. The van der Waals surface area contributed by atoms with Gasteiger partial charge in [-0.2, -0.15) is 0 Å². The van der Waals surface area contributed by atoms with Gasteiger partial charge >= 0.3 is 0 Å². The van der Waals surface area contributed by atoms with E-state index in [4.69, 9.17) is 5.73 Å². The predicted molar refractivity (Wildman–Crippen MR) is 81.9 cm³/mol. The Kier molecular flexibility index (Phi) is 3.44. The third-order valence-electron chi connectivity index (χ3n) is 3.30. The van der Waals surface area contributed by atoms with Gasteiger partial charge < -0.3 is 10.3 Å². The first-order chi connectivity index (χ1) is 9.65. The van der Waals surface area contributed by atoms with Crippen LogP contribution in [0.15, 0.2) is 46.9 Å². The van der Waals surface area contributed by atoms with Crippen LogP contribution in [0.3, 0.4) is 0 Å². The van der Waals surface area contributed by atoms with Crippen LogP contribution in [0.5, 0.6) is 0 Å². The van der Waals surface area contributed by atoms with E-state index in [1.807, 2.05) is 28.8 Å². The second-order valence-corrected chi connectivity index (χ2v) is 5.51. The largest absolute Gasteiger partial charge is 0.369 e. The van der Waals surface area contributed by atoms with Gasteiger partial charge in [-0.3, -0.25) is 0 Å². The van der Waals surface area contributed by atoms with E-state index in [9.17, 15) is 4.39 Å². The highest BCUT2D eigenvalue weighted by molar-refractivity contribution is 9.10. The minimum absolute atomic E-state index is 0.184. The summed E-state index contributed by atoms with van der Waals surface area (Å²) < 4.78 is 16.5. The van der Waals surface area contributed by atoms with E-state index in [-0.39, 0.29) is 5.82 Å². The van der Waals surface area contributed by atoms with Gasteiger partial charge in [0.15, 0.2) is 0 Å². The molecule has 0 amide bonds. The summed E-state index contributed by atoms with van der Waals surface area (Å²) in [5.41, 5.74) is 8.43. The Morgan fingerprint density at radius 3 is 2.80 bits per heavy atom. The lowest BCUT2D eigenvalue weighted by Crippen LogP contribution is -2.06. The Balaban J connectivity index is 1.93. The average Bonchev–Trinajstić information content (AvgIpc) is 2.73. The van der Waals surface area contributed by atoms with Crippen LogP contribution in [0.4, 0.5) is 10.3 Å². The molecule has 3 rings (SSSR count). The molecule has 20 heavy (non-hydrogen) atoms. The van der Waals surface area contributed by atoms with E-state index in [0.29, 0.717) is 24.5 Å². The number of imidazole rings is 1. The maximum atomic E-state index is 13.6. The van der Waals surface area contributed by atoms with E-state index in [2.05, 4.69) is 20.9 Å². The third kappa shape index (κ3) is 2.41. The fraction of sp³-hybridized carbons (Fsp3) is 0.133. The molecule has 0 radical (unpaired) electrons. The van der Waals surface area contributed by atoms with Gasteiger partial charge in [0, 0.05) is 11.0 Å². The molecule has 1 heterocycles. The Morgan fingerprint density at radius 1 is 1.20 bits per heavy atom. The second kappa shape index (κ2) is 5.25. The second-order valence-electron chi connectivity index (χ2n) is 4.60. The zero-order valence-corrected chi connectivity index (χ0v) is 12.3. The van der Waals surface area contributed by atoms with Gasteiger partial charge in [0.25, 0.3) is 0 Å². The molecule has 0 spiro atoms. The minimum atomic E-state index is -0.184. The summed E-state index contributed by atoms with van der Waals surface area (Å²) in [6.07, 6.45) is 0.578. The highest BCUT2D eigenvalue weighted by Crippen LogP contribution is 2.22. The van der Waals surface area contributed by atoms with Crippen molar-refractivity contribution in [2.75, 3.05) is 5.73 Å². The van der Waals surface area contributed by atoms with E-state index in [0.717, 1.165) is 15.5 Å². The number of nitrogens with two attached hydrogens (primary N) is 1. The summed E-state index contributed by atoms with van der Waals surface area (Å²) in [7, 11) is 0. The van der Waals surface area contributed by atoms with Crippen molar-refractivity contribution in [2.24, 2.45) is 0 Å². The first-order valence-corrected chi connectivity index (χ1v) is 7.09. The third-order valence-corrected chi connectivity index (χ3v) is 3.80. The Bertz CT molecular complexity index is 767. The van der Waals surface area contributed by atoms with E-state index in [1.165, 1.54) is 6.07 Å². The van der Waals surface area contributed by atoms with Crippen LogP contribution in [0.2, 0.25) is 0 Å². The topological polar surface area (TPSA) is 43.8 Å². The summed E-state index contributed by atoms with van der Waals surface area (Å²) in [4.78, 5) is 4.32. The fourth-order valence-electron chi connectivity index (χ4n) is 2.28. The minimum Gasteiger partial charge on any atom is -0.369 e. The Hall–Kier alpha value is -1.88. The number of benzene rings is 2. The van der Waals surface area contributed by atoms with E-state index >= 15 is 0 Å². The number of hydrogen-bond donors (Lipinski definition) is 1. The number of rotatable bonds is 3. The van der Waals surface area contributed by atoms with Crippen molar-refractivity contribution in [3.63, 3.8) is 0 Å². The molecule has 0 saturated carbocycles. The lowest BCUT2D eigenvalue weighted by Gasteiger charge is -2.07. The lowest BCUT2D eigenvalue weighted by atomic mass is 10.1. The molecule has 1 aromatic heterocycles. The summed E-state index contributed by atoms with van der Waals surface area (Å²) in [6.45, 7) is 0.597. The molecule has 0 saturated heterocycles. The number of anilines is 1. The first kappa shape index (κ1) is 13.1. The van der Waals surface area contributed by atoms with Crippen LogP contribution in [0, 0.1) is 5.82 Å². The zero-order chi connectivity index (χ0) is 14.1. The van der Waals surface area contributed by atoms with Crippen molar-refractivity contribution in [1.82, 2.24) is 9.55 Å². The van der Waals surface area contributed by atoms with Gasteiger partial charge in [0.05, 0.1) is 11.0 Å². The normalized spacial score (nSPS) is 11.1. The molecule has 0 fully saturated rings. The molecule has 0 atom stereocenters. The number of fused-ring (bicyclic) bond motifs is 1. The molecule has 102 valence electrons. The van der Waals surface area contributed by atoms with Crippen LogP contribution < -0.4 is 5.73 Å². The quantitative estimate of drug-likeness (QED) is 0.793. The van der Waals surface area contributed by atoms with Crippen LogP contribution in [-0.2, 0) is 13.0 Å². The van der Waals surface area contributed by atoms with Crippen molar-refractivity contribution in [3.05, 3.63) is 58.3 Å². The van der Waals surface area contributed by atoms with Crippen molar-refractivity contribution in [3.8, 4) is 0 Å². The van der Waals surface area contributed by atoms with Gasteiger partial charge in [0.2, 0.25) is 5.95 Å². The van der Waals surface area contributed by atoms with E-state index < -0.39 is 0 Å². The van der Waals surface area contributed by atoms with Crippen molar-refractivity contribution >= 4 is 32.9 Å². The number of hydrogen-bond acceptors (Lipinski definition) is 2. The summed E-state index contributed by atoms with van der Waals surface area (Å²) in [5, 5.41) is 0. The molecule has 0 unspecified atom stereocenters. The van der Waals surface area contributed by atoms with Crippen molar-refractivity contribution in [1.29, 1.82) is 0 Å². The molecule has 3 aromatic rings. The highest BCUT2D eigenvalue weighted by Gasteiger charge is 2.09. The summed E-state index contributed by atoms with van der Waals surface area (Å²) >= 11 is 3.44. The van der Waals surface area contributed by atoms with Crippen molar-refractivity contribution in [2.45, 2.75) is 13.0 Å². The molecule has 2 N–H and O–H groups in total. The van der Waals surface area contributed by atoms with Crippen LogP contribution in [-0.4, -0.2) is 9.55 Å². The van der Waals surface area contributed by atoms with Gasteiger partial charge in [-0.05, 0) is 36.2 Å². The Morgan fingerprint density at radius 2 is 2.00 bits per heavy atom. The predicted octanol–water partition coefficient (Wildman–Crippen LogP) is 3.76. The molecule has 2 aromatic carbocycles.